The fourth-order valence-corrected chi connectivity index (χ4v) is 4.28. The Kier molecular flexibility index (Phi) is 8.18. The molecule has 0 bridgehead atoms. The summed E-state index contributed by atoms with van der Waals surface area (Å²) in [5.41, 5.74) is 1.64. The van der Waals surface area contributed by atoms with Crippen LogP contribution in [-0.2, 0) is 12.3 Å². The van der Waals surface area contributed by atoms with Crippen molar-refractivity contribution in [2.45, 2.75) is 37.3 Å². The second kappa shape index (κ2) is 10.8. The molecule has 0 spiro atoms. The Balaban J connectivity index is 1.83. The molecular weight excluding hydrogens is 451 g/mol. The van der Waals surface area contributed by atoms with Crippen LogP contribution in [0.15, 0.2) is 66.3 Å². The van der Waals surface area contributed by atoms with Gasteiger partial charge in [-0.2, -0.15) is 0 Å². The highest BCUT2D eigenvalue weighted by molar-refractivity contribution is 7.98. The zero-order valence-electron chi connectivity index (χ0n) is 17.4. The van der Waals surface area contributed by atoms with Crippen LogP contribution in [0.1, 0.15) is 41.6 Å². The third-order valence-electron chi connectivity index (χ3n) is 4.68. The van der Waals surface area contributed by atoms with Gasteiger partial charge in [0.15, 0.2) is 11.0 Å². The lowest BCUT2D eigenvalue weighted by Crippen LogP contribution is -2.33. The van der Waals surface area contributed by atoms with Crippen LogP contribution in [0.4, 0.5) is 0 Å². The number of benzene rings is 2. The molecule has 2 aromatic carbocycles. The summed E-state index contributed by atoms with van der Waals surface area (Å²) < 4.78 is 1.99. The van der Waals surface area contributed by atoms with Crippen molar-refractivity contribution in [2.75, 3.05) is 0 Å². The van der Waals surface area contributed by atoms with Crippen molar-refractivity contribution in [2.24, 2.45) is 5.92 Å². The van der Waals surface area contributed by atoms with Crippen LogP contribution in [0, 0.1) is 5.92 Å². The summed E-state index contributed by atoms with van der Waals surface area (Å²) in [5.74, 6) is 1.34. The Labute approximate surface area is 196 Å². The van der Waals surface area contributed by atoms with E-state index in [9.17, 15) is 4.79 Å². The van der Waals surface area contributed by atoms with E-state index in [1.165, 1.54) is 0 Å². The van der Waals surface area contributed by atoms with Crippen LogP contribution < -0.4 is 5.32 Å². The minimum Gasteiger partial charge on any atom is -0.342 e. The molecule has 8 heteroatoms. The van der Waals surface area contributed by atoms with Gasteiger partial charge >= 0.3 is 0 Å². The van der Waals surface area contributed by atoms with E-state index in [2.05, 4.69) is 22.1 Å². The van der Waals surface area contributed by atoms with Gasteiger partial charge in [0.2, 0.25) is 0 Å². The second-order valence-electron chi connectivity index (χ2n) is 7.34. The number of carbonyl (C=O) groups is 1. The first-order valence-electron chi connectivity index (χ1n) is 9.87. The molecule has 0 aliphatic heterocycles. The minimum absolute atomic E-state index is 0.119. The van der Waals surface area contributed by atoms with E-state index in [1.807, 2.05) is 48.7 Å². The molecule has 0 fully saturated rings. The maximum atomic E-state index is 12.8. The van der Waals surface area contributed by atoms with Gasteiger partial charge in [0.05, 0.1) is 16.1 Å². The maximum absolute atomic E-state index is 12.8. The summed E-state index contributed by atoms with van der Waals surface area (Å²) in [4.78, 5) is 12.8. The monoisotopic (exact) mass is 474 g/mol. The van der Waals surface area contributed by atoms with E-state index in [1.54, 1.807) is 36.0 Å². The molecule has 31 heavy (non-hydrogen) atoms. The number of halogens is 2. The van der Waals surface area contributed by atoms with Gasteiger partial charge in [-0.1, -0.05) is 79.2 Å². The van der Waals surface area contributed by atoms with Crippen LogP contribution in [0.2, 0.25) is 10.0 Å². The predicted molar refractivity (Wildman–Crippen MR) is 128 cm³/mol. The standard InChI is InChI=1S/C23H24Cl2N4OS/c1-4-12-29-21(20(15(2)3)26-22(30)17-8-6-5-7-9-17)27-28-23(29)31-14-16-10-11-18(24)19(25)13-16/h4-11,13,15,20H,1,12,14H2,2-3H3,(H,26,30)/t20-/m1/s1. The Bertz CT molecular complexity index is 1050. The van der Waals surface area contributed by atoms with Crippen molar-refractivity contribution in [3.8, 4) is 0 Å². The SMILES string of the molecule is C=CCn1c(SCc2ccc(Cl)c(Cl)c2)nnc1[C@H](NC(=O)c1ccccc1)C(C)C. The molecule has 3 rings (SSSR count). The number of carbonyl (C=O) groups excluding carboxylic acids is 1. The molecule has 1 amide bonds. The number of nitrogens with one attached hydrogen (secondary N) is 1. The zero-order valence-corrected chi connectivity index (χ0v) is 19.7. The number of amides is 1. The fraction of sp³-hybridized carbons (Fsp3) is 0.261. The molecule has 0 saturated carbocycles. The van der Waals surface area contributed by atoms with Crippen molar-refractivity contribution < 1.29 is 4.79 Å². The average Bonchev–Trinajstić information content (AvgIpc) is 3.15. The summed E-state index contributed by atoms with van der Waals surface area (Å²) in [7, 11) is 0. The van der Waals surface area contributed by atoms with Gasteiger partial charge in [-0.15, -0.1) is 16.8 Å². The number of rotatable bonds is 9. The molecule has 0 aliphatic carbocycles. The van der Waals surface area contributed by atoms with Gasteiger partial charge in [-0.3, -0.25) is 4.79 Å². The summed E-state index contributed by atoms with van der Waals surface area (Å²) in [5, 5.41) is 13.7. The smallest absolute Gasteiger partial charge is 0.251 e. The van der Waals surface area contributed by atoms with E-state index < -0.39 is 0 Å². The molecule has 0 saturated heterocycles. The highest BCUT2D eigenvalue weighted by atomic mass is 35.5. The fourth-order valence-electron chi connectivity index (χ4n) is 3.06. The molecule has 3 aromatic rings. The predicted octanol–water partition coefficient (Wildman–Crippen LogP) is 6.19. The number of aromatic nitrogens is 3. The van der Waals surface area contributed by atoms with Crippen molar-refractivity contribution in [1.82, 2.24) is 20.1 Å². The van der Waals surface area contributed by atoms with Crippen molar-refractivity contribution >= 4 is 40.9 Å². The average molecular weight is 475 g/mol. The first-order valence-corrected chi connectivity index (χ1v) is 11.6. The minimum atomic E-state index is -0.292. The Morgan fingerprint density at radius 1 is 1.16 bits per heavy atom. The third kappa shape index (κ3) is 5.91. The van der Waals surface area contributed by atoms with E-state index >= 15 is 0 Å². The number of nitrogens with zero attached hydrogens (tertiary/aromatic N) is 3. The molecule has 1 atom stereocenters. The first-order chi connectivity index (χ1) is 14.9. The van der Waals surface area contributed by atoms with E-state index in [4.69, 9.17) is 23.2 Å². The zero-order chi connectivity index (χ0) is 22.4. The molecule has 162 valence electrons. The van der Waals surface area contributed by atoms with E-state index in [-0.39, 0.29) is 17.9 Å². The maximum Gasteiger partial charge on any atom is 0.251 e. The quantitative estimate of drug-likeness (QED) is 0.296. The van der Waals surface area contributed by atoms with Crippen LogP contribution in [0.3, 0.4) is 0 Å². The summed E-state index contributed by atoms with van der Waals surface area (Å²) in [6, 6.07) is 14.4. The second-order valence-corrected chi connectivity index (χ2v) is 9.10. The Morgan fingerprint density at radius 2 is 1.90 bits per heavy atom. The van der Waals surface area contributed by atoms with Gasteiger partial charge in [-0.25, -0.2) is 0 Å². The van der Waals surface area contributed by atoms with Crippen molar-refractivity contribution in [1.29, 1.82) is 0 Å². The number of allylic oxidation sites excluding steroid dienone is 1. The first kappa shape index (κ1) is 23.4. The Hall–Kier alpha value is -2.28. The topological polar surface area (TPSA) is 59.8 Å². The van der Waals surface area contributed by atoms with Crippen molar-refractivity contribution in [3.05, 3.63) is 88.2 Å². The van der Waals surface area contributed by atoms with Gasteiger partial charge in [-0.05, 0) is 35.7 Å². The number of hydrogen-bond acceptors (Lipinski definition) is 4. The number of hydrogen-bond donors (Lipinski definition) is 1. The number of thioether (sulfide) groups is 1. The molecular formula is C23H24Cl2N4OS. The normalized spacial score (nSPS) is 12.0. The lowest BCUT2D eigenvalue weighted by Gasteiger charge is -2.22. The van der Waals surface area contributed by atoms with Crippen LogP contribution in [0.5, 0.6) is 0 Å². The van der Waals surface area contributed by atoms with Crippen LogP contribution >= 0.6 is 35.0 Å². The van der Waals surface area contributed by atoms with E-state index in [0.717, 1.165) is 10.7 Å². The molecule has 1 aromatic heterocycles. The lowest BCUT2D eigenvalue weighted by molar-refractivity contribution is 0.0922. The summed E-state index contributed by atoms with van der Waals surface area (Å²) >= 11 is 13.7. The lowest BCUT2D eigenvalue weighted by atomic mass is 10.0. The van der Waals surface area contributed by atoms with Crippen LogP contribution in [-0.4, -0.2) is 20.7 Å². The molecule has 1 heterocycles. The third-order valence-corrected chi connectivity index (χ3v) is 6.45. The summed E-state index contributed by atoms with van der Waals surface area (Å²) in [6.45, 7) is 8.50. The van der Waals surface area contributed by atoms with E-state index in [0.29, 0.717) is 33.7 Å². The molecule has 0 aliphatic rings. The molecule has 0 unspecified atom stereocenters. The Morgan fingerprint density at radius 3 is 2.55 bits per heavy atom. The van der Waals surface area contributed by atoms with Gasteiger partial charge in [0, 0.05) is 17.9 Å². The summed E-state index contributed by atoms with van der Waals surface area (Å²) in [6.07, 6.45) is 1.80. The van der Waals surface area contributed by atoms with Gasteiger partial charge in [0.1, 0.15) is 0 Å². The molecule has 0 radical (unpaired) electrons. The highest BCUT2D eigenvalue weighted by Crippen LogP contribution is 2.29. The molecule has 5 nitrogen and oxygen atoms in total. The van der Waals surface area contributed by atoms with Crippen LogP contribution in [0.25, 0.3) is 0 Å². The van der Waals surface area contributed by atoms with Gasteiger partial charge in [0.25, 0.3) is 5.91 Å². The highest BCUT2D eigenvalue weighted by Gasteiger charge is 2.26. The van der Waals surface area contributed by atoms with Crippen molar-refractivity contribution in [3.63, 3.8) is 0 Å². The molecule has 1 N–H and O–H groups in total. The largest absolute Gasteiger partial charge is 0.342 e. The van der Waals surface area contributed by atoms with Gasteiger partial charge < -0.3 is 9.88 Å².